The number of benzene rings is 1. The zero-order valence-electron chi connectivity index (χ0n) is 9.21. The van der Waals surface area contributed by atoms with Gasteiger partial charge in [0, 0.05) is 21.5 Å². The van der Waals surface area contributed by atoms with Gasteiger partial charge in [0.1, 0.15) is 0 Å². The van der Waals surface area contributed by atoms with Crippen molar-refractivity contribution in [2.45, 2.75) is 20.8 Å². The Bertz CT molecular complexity index is 478. The van der Waals surface area contributed by atoms with E-state index in [1.807, 2.05) is 0 Å². The third-order valence-electron chi connectivity index (χ3n) is 2.67. The summed E-state index contributed by atoms with van der Waals surface area (Å²) in [7, 11) is 0. The van der Waals surface area contributed by atoms with E-state index in [0.717, 1.165) is 4.47 Å². The van der Waals surface area contributed by atoms with Crippen molar-refractivity contribution in [1.29, 1.82) is 0 Å². The molecule has 0 fully saturated rings. The molecule has 0 aliphatic carbocycles. The van der Waals surface area contributed by atoms with Crippen molar-refractivity contribution >= 4 is 15.9 Å². The largest absolute Gasteiger partial charge is 0.318 e. The number of aromatic nitrogens is 1. The minimum Gasteiger partial charge on any atom is -0.318 e. The molecule has 2 rings (SSSR count). The average molecular weight is 264 g/mol. The molecule has 0 unspecified atom stereocenters. The molecule has 0 saturated heterocycles. The van der Waals surface area contributed by atoms with Gasteiger partial charge in [-0.2, -0.15) is 0 Å². The van der Waals surface area contributed by atoms with Gasteiger partial charge in [0.25, 0.3) is 0 Å². The second kappa shape index (κ2) is 3.86. The summed E-state index contributed by atoms with van der Waals surface area (Å²) in [4.78, 5) is 0. The first-order valence-corrected chi connectivity index (χ1v) is 5.80. The van der Waals surface area contributed by atoms with Crippen LogP contribution in [0.4, 0.5) is 0 Å². The molecule has 1 nitrogen and oxygen atoms in total. The quantitative estimate of drug-likeness (QED) is 0.728. The van der Waals surface area contributed by atoms with Crippen LogP contribution >= 0.6 is 15.9 Å². The van der Waals surface area contributed by atoms with Crippen LogP contribution in [0.3, 0.4) is 0 Å². The van der Waals surface area contributed by atoms with Crippen molar-refractivity contribution in [2.24, 2.45) is 0 Å². The third-order valence-corrected chi connectivity index (χ3v) is 3.16. The predicted octanol–water partition coefficient (Wildman–Crippen LogP) is 4.17. The Balaban J connectivity index is 2.64. The van der Waals surface area contributed by atoms with Gasteiger partial charge in [0.2, 0.25) is 0 Å². The maximum atomic E-state index is 3.49. The van der Waals surface area contributed by atoms with E-state index < -0.39 is 0 Å². The van der Waals surface area contributed by atoms with E-state index in [4.69, 9.17) is 0 Å². The molecule has 0 radical (unpaired) electrons. The summed E-state index contributed by atoms with van der Waals surface area (Å²) in [6, 6.07) is 10.7. The smallest absolute Gasteiger partial charge is 0.0484 e. The normalized spacial score (nSPS) is 10.7. The molecule has 1 heterocycles. The molecular weight excluding hydrogens is 250 g/mol. The molecule has 0 aliphatic heterocycles. The molecule has 0 spiro atoms. The highest BCUT2D eigenvalue weighted by atomic mass is 79.9. The minimum absolute atomic E-state index is 1.13. The van der Waals surface area contributed by atoms with E-state index in [1.165, 1.54) is 22.6 Å². The predicted molar refractivity (Wildman–Crippen MR) is 67.7 cm³/mol. The molecule has 2 aromatic rings. The van der Waals surface area contributed by atoms with Crippen molar-refractivity contribution < 1.29 is 0 Å². The average Bonchev–Trinajstić information content (AvgIpc) is 2.48. The monoisotopic (exact) mass is 263 g/mol. The maximum absolute atomic E-state index is 3.49. The Morgan fingerprint density at radius 3 is 2.07 bits per heavy atom. The Morgan fingerprint density at radius 2 is 1.53 bits per heavy atom. The minimum atomic E-state index is 1.13. The van der Waals surface area contributed by atoms with Crippen LogP contribution in [0.25, 0.3) is 5.69 Å². The van der Waals surface area contributed by atoms with Gasteiger partial charge in [0.15, 0.2) is 0 Å². The van der Waals surface area contributed by atoms with Crippen molar-refractivity contribution in [3.05, 3.63) is 51.8 Å². The highest BCUT2D eigenvalue weighted by Gasteiger charge is 2.06. The second-order valence-electron chi connectivity index (χ2n) is 3.88. The van der Waals surface area contributed by atoms with Gasteiger partial charge < -0.3 is 4.57 Å². The molecule has 1 aromatic carbocycles. The molecule has 0 saturated carbocycles. The van der Waals surface area contributed by atoms with Crippen LogP contribution < -0.4 is 0 Å². The zero-order valence-corrected chi connectivity index (χ0v) is 10.8. The van der Waals surface area contributed by atoms with E-state index >= 15 is 0 Å². The third kappa shape index (κ3) is 1.86. The lowest BCUT2D eigenvalue weighted by atomic mass is 10.2. The first-order valence-electron chi connectivity index (χ1n) is 5.01. The Morgan fingerprint density at radius 1 is 0.933 bits per heavy atom. The van der Waals surface area contributed by atoms with Crippen molar-refractivity contribution in [3.8, 4) is 5.69 Å². The fourth-order valence-electron chi connectivity index (χ4n) is 1.92. The van der Waals surface area contributed by atoms with Crippen LogP contribution in [0.2, 0.25) is 0 Å². The van der Waals surface area contributed by atoms with Gasteiger partial charge in [-0.1, -0.05) is 15.9 Å². The first kappa shape index (κ1) is 10.5. The van der Waals surface area contributed by atoms with E-state index in [9.17, 15) is 0 Å². The summed E-state index contributed by atoms with van der Waals surface area (Å²) in [5.41, 5.74) is 5.10. The summed E-state index contributed by atoms with van der Waals surface area (Å²) in [6.07, 6.45) is 0. The number of nitrogens with zero attached hydrogens (tertiary/aromatic N) is 1. The van der Waals surface area contributed by atoms with E-state index in [2.05, 4.69) is 71.6 Å². The zero-order chi connectivity index (χ0) is 11.0. The number of aryl methyl sites for hydroxylation is 3. The molecule has 0 amide bonds. The molecule has 0 atom stereocenters. The second-order valence-corrected chi connectivity index (χ2v) is 4.80. The molecular formula is C13H14BrN. The standard InChI is InChI=1S/C13H14BrN/c1-9-8-12(14)6-7-13(9)15-10(2)4-5-11(15)3/h4-8H,1-3H3. The van der Waals surface area contributed by atoms with Crippen molar-refractivity contribution in [3.63, 3.8) is 0 Å². The highest BCUT2D eigenvalue weighted by Crippen LogP contribution is 2.22. The summed E-state index contributed by atoms with van der Waals surface area (Å²) in [6.45, 7) is 6.40. The van der Waals surface area contributed by atoms with E-state index in [0.29, 0.717) is 0 Å². The fourth-order valence-corrected chi connectivity index (χ4v) is 2.39. The summed E-state index contributed by atoms with van der Waals surface area (Å²) < 4.78 is 3.41. The van der Waals surface area contributed by atoms with Crippen LogP contribution in [0, 0.1) is 20.8 Å². The Labute approximate surface area is 98.9 Å². The van der Waals surface area contributed by atoms with Gasteiger partial charge in [-0.05, 0) is 56.7 Å². The summed E-state index contributed by atoms with van der Waals surface area (Å²) >= 11 is 3.49. The van der Waals surface area contributed by atoms with Gasteiger partial charge >= 0.3 is 0 Å². The fraction of sp³-hybridized carbons (Fsp3) is 0.231. The number of hydrogen-bond acceptors (Lipinski definition) is 0. The van der Waals surface area contributed by atoms with Crippen LogP contribution in [0.15, 0.2) is 34.8 Å². The van der Waals surface area contributed by atoms with Crippen LogP contribution in [0.1, 0.15) is 17.0 Å². The molecule has 15 heavy (non-hydrogen) atoms. The van der Waals surface area contributed by atoms with Crippen LogP contribution in [0.5, 0.6) is 0 Å². The topological polar surface area (TPSA) is 4.93 Å². The molecule has 0 aliphatic rings. The summed E-state index contributed by atoms with van der Waals surface area (Å²) in [5, 5.41) is 0. The van der Waals surface area contributed by atoms with Crippen molar-refractivity contribution in [1.82, 2.24) is 4.57 Å². The SMILES string of the molecule is Cc1cc(Br)ccc1-n1c(C)ccc1C. The number of rotatable bonds is 1. The van der Waals surface area contributed by atoms with Gasteiger partial charge in [-0.25, -0.2) is 0 Å². The lowest BCUT2D eigenvalue weighted by Crippen LogP contribution is -2.00. The molecule has 78 valence electrons. The Kier molecular flexibility index (Phi) is 2.70. The lowest BCUT2D eigenvalue weighted by molar-refractivity contribution is 0.954. The van der Waals surface area contributed by atoms with Gasteiger partial charge in [0.05, 0.1) is 0 Å². The lowest BCUT2D eigenvalue weighted by Gasteiger charge is -2.12. The molecule has 2 heteroatoms. The van der Waals surface area contributed by atoms with Gasteiger partial charge in [-0.15, -0.1) is 0 Å². The van der Waals surface area contributed by atoms with Crippen LogP contribution in [-0.4, -0.2) is 4.57 Å². The van der Waals surface area contributed by atoms with Crippen molar-refractivity contribution in [2.75, 3.05) is 0 Å². The Hall–Kier alpha value is -1.02. The van der Waals surface area contributed by atoms with Gasteiger partial charge in [-0.3, -0.25) is 0 Å². The first-order chi connectivity index (χ1) is 7.09. The molecule has 0 bridgehead atoms. The molecule has 0 N–H and O–H groups in total. The van der Waals surface area contributed by atoms with Crippen LogP contribution in [-0.2, 0) is 0 Å². The molecule has 1 aromatic heterocycles. The van der Waals surface area contributed by atoms with E-state index in [-0.39, 0.29) is 0 Å². The highest BCUT2D eigenvalue weighted by molar-refractivity contribution is 9.10. The number of hydrogen-bond donors (Lipinski definition) is 0. The maximum Gasteiger partial charge on any atom is 0.0484 e. The summed E-state index contributed by atoms with van der Waals surface area (Å²) in [5.74, 6) is 0. The van der Waals surface area contributed by atoms with E-state index in [1.54, 1.807) is 0 Å². The number of halogens is 1.